The van der Waals surface area contributed by atoms with Crippen LogP contribution in [0, 0.1) is 5.92 Å². The molecule has 2 saturated heterocycles. The quantitative estimate of drug-likeness (QED) is 0.0444. The van der Waals surface area contributed by atoms with Crippen molar-refractivity contribution < 1.29 is 19.2 Å². The molecule has 2 aliphatic carbocycles. The summed E-state index contributed by atoms with van der Waals surface area (Å²) in [5.74, 6) is 0.499. The van der Waals surface area contributed by atoms with Crippen molar-refractivity contribution in [3.8, 4) is 5.82 Å². The molecule has 0 spiro atoms. The smallest absolute Gasteiger partial charge is 0.278 e. The predicted octanol–water partition coefficient (Wildman–Crippen LogP) is 6.18. The average molecular weight is 905 g/mol. The first kappa shape index (κ1) is 42.9. The number of nitrogens with one attached hydrogen (secondary N) is 4. The molecule has 4 aliphatic rings. The normalized spacial score (nSPS) is 22.3. The number of allylic oxidation sites excluding steroid dienone is 1. The third-order valence-corrected chi connectivity index (χ3v) is 14.7. The third kappa shape index (κ3) is 7.97. The molecule has 67 heavy (non-hydrogen) atoms. The summed E-state index contributed by atoms with van der Waals surface area (Å²) in [5, 5.41) is 30.9. The summed E-state index contributed by atoms with van der Waals surface area (Å²) < 4.78 is 11.3. The number of piperidine rings is 2. The van der Waals surface area contributed by atoms with Crippen molar-refractivity contribution in [2.75, 3.05) is 43.4 Å². The topological polar surface area (TPSA) is 202 Å². The summed E-state index contributed by atoms with van der Waals surface area (Å²) in [4.78, 5) is 54.8. The molecule has 0 radical (unpaired) electrons. The van der Waals surface area contributed by atoms with Gasteiger partial charge in [-0.1, -0.05) is 24.2 Å². The van der Waals surface area contributed by atoms with Crippen molar-refractivity contribution >= 4 is 62.0 Å². The Kier molecular flexibility index (Phi) is 11.2. The number of rotatable bonds is 15. The number of aliphatic hydroxyl groups is 1. The minimum atomic E-state index is -0.993. The molecule has 11 rings (SSSR count). The van der Waals surface area contributed by atoms with Gasteiger partial charge in [0.05, 0.1) is 23.5 Å². The van der Waals surface area contributed by atoms with E-state index < -0.39 is 11.5 Å². The van der Waals surface area contributed by atoms with Gasteiger partial charge in [0.2, 0.25) is 17.8 Å². The largest absolute Gasteiger partial charge is 0.384 e. The fourth-order valence-corrected chi connectivity index (χ4v) is 10.9. The number of pyridine rings is 1. The molecule has 5 aromatic heterocycles. The van der Waals surface area contributed by atoms with Gasteiger partial charge in [0.1, 0.15) is 16.7 Å². The van der Waals surface area contributed by atoms with E-state index in [-0.39, 0.29) is 23.9 Å². The van der Waals surface area contributed by atoms with Crippen molar-refractivity contribution in [3.63, 3.8) is 0 Å². The van der Waals surface area contributed by atoms with Crippen molar-refractivity contribution in [3.05, 3.63) is 107 Å². The number of benzene rings is 2. The Bertz CT molecular complexity index is 3080. The van der Waals surface area contributed by atoms with Crippen molar-refractivity contribution in [2.24, 2.45) is 5.92 Å². The van der Waals surface area contributed by atoms with Gasteiger partial charge in [-0.05, 0) is 124 Å². The highest BCUT2D eigenvalue weighted by Gasteiger charge is 2.38. The molecule has 346 valence electrons. The Labute approximate surface area is 386 Å². The van der Waals surface area contributed by atoms with E-state index in [9.17, 15) is 19.5 Å². The van der Waals surface area contributed by atoms with Gasteiger partial charge in [-0.3, -0.25) is 19.7 Å². The van der Waals surface area contributed by atoms with Crippen LogP contribution in [0.3, 0.4) is 0 Å². The Balaban J connectivity index is 0.640. The molecule has 5 N–H and O–H groups in total. The van der Waals surface area contributed by atoms with Crippen LogP contribution in [-0.2, 0) is 28.2 Å². The zero-order valence-electron chi connectivity index (χ0n) is 37.7. The summed E-state index contributed by atoms with van der Waals surface area (Å²) >= 11 is 0. The first-order chi connectivity index (χ1) is 32.7. The number of imide groups is 1. The molecule has 2 aliphatic heterocycles. The first-order valence-corrected chi connectivity index (χ1v) is 23.8. The molecule has 2 atom stereocenters. The molecule has 17 heteroatoms. The zero-order chi connectivity index (χ0) is 45.8. The number of carbonyl (C=O) groups is 2. The highest BCUT2D eigenvalue weighted by Crippen LogP contribution is 2.43. The van der Waals surface area contributed by atoms with E-state index in [0.29, 0.717) is 83.5 Å². The van der Waals surface area contributed by atoms with E-state index in [4.69, 9.17) is 14.5 Å². The summed E-state index contributed by atoms with van der Waals surface area (Å²) in [7, 11) is 0. The Hall–Kier alpha value is -6.69. The molecule has 2 amide bonds. The minimum absolute atomic E-state index is 0.236. The lowest BCUT2D eigenvalue weighted by Crippen LogP contribution is -2.46. The van der Waals surface area contributed by atoms with E-state index in [1.807, 2.05) is 49.4 Å². The molecule has 2 aromatic carbocycles. The van der Waals surface area contributed by atoms with Gasteiger partial charge in [0.15, 0.2) is 17.0 Å². The Morgan fingerprint density at radius 1 is 0.955 bits per heavy atom. The maximum Gasteiger partial charge on any atom is 0.278 e. The second kappa shape index (κ2) is 17.5. The van der Waals surface area contributed by atoms with E-state index in [0.717, 1.165) is 98.1 Å². The zero-order valence-corrected chi connectivity index (χ0v) is 37.7. The minimum Gasteiger partial charge on any atom is -0.384 e. The van der Waals surface area contributed by atoms with E-state index in [1.165, 1.54) is 0 Å². The standard InChI is InChI=1S/C50H56N12O5/c1-3-22-61-48(65)38-28-53-49(57-46(38)62(61)41-13-5-31-15-19-50(66,4-2)45(31)55-41)54-34-8-6-32(7-9-34)51-20-21-52-33-16-23-59(24-17-33)29-30-26-35(27-30)60-25-18-36-39(60)11-12-40-43(36)44(58-67-40)37-10-14-42(63)56-47(37)64/h3,5-9,11-13,18,25,28,30,33,35,37,51-52,66H,1,4,10,14-17,19-24,26-27,29H2,2H3,(H,53,54,57)(H,56,63,64)/t30-,35-,37?,50-/m1/s1. The number of hydrogen-bond donors (Lipinski definition) is 5. The second-order valence-corrected chi connectivity index (χ2v) is 18.8. The number of aromatic nitrogens is 7. The number of anilines is 3. The number of nitrogens with zero attached hydrogens (tertiary/aromatic N) is 8. The molecule has 1 saturated carbocycles. The SMILES string of the molecule is C=CCn1c(=O)c2cnc(Nc3ccc(NCCNC4CCN(C[C@H]5C[C@H](n6ccc7c8c(C9CCC(=O)NC9=O)noc8ccc76)C5)CC4)cc3)nc2n1-c1ccc2c(n1)[C@@](O)(CC)CC2. The first-order valence-electron chi connectivity index (χ1n) is 23.8. The third-order valence-electron chi connectivity index (χ3n) is 14.7. The van der Waals surface area contributed by atoms with Crippen LogP contribution in [-0.4, -0.2) is 94.6 Å². The van der Waals surface area contributed by atoms with Crippen LogP contribution in [0.4, 0.5) is 17.3 Å². The van der Waals surface area contributed by atoms with Crippen molar-refractivity contribution in [1.82, 2.24) is 49.6 Å². The van der Waals surface area contributed by atoms with Gasteiger partial charge >= 0.3 is 0 Å². The molecule has 3 fully saturated rings. The van der Waals surface area contributed by atoms with E-state index >= 15 is 0 Å². The molecular weight excluding hydrogens is 849 g/mol. The number of likely N-dealkylation sites (tertiary alicyclic amines) is 1. The highest BCUT2D eigenvalue weighted by atomic mass is 16.5. The fraction of sp³-hybridized carbons (Fsp3) is 0.420. The average Bonchev–Trinajstić information content (AvgIpc) is 4.10. The Morgan fingerprint density at radius 2 is 1.78 bits per heavy atom. The highest BCUT2D eigenvalue weighted by molar-refractivity contribution is 6.09. The fourth-order valence-electron chi connectivity index (χ4n) is 10.9. The van der Waals surface area contributed by atoms with Gasteiger partial charge in [-0.15, -0.1) is 6.58 Å². The molecule has 7 heterocycles. The molecular formula is C50H56N12O5. The van der Waals surface area contributed by atoms with E-state index in [1.54, 1.807) is 21.6 Å². The summed E-state index contributed by atoms with van der Waals surface area (Å²) in [6, 6.07) is 19.0. The molecule has 7 aromatic rings. The number of aryl methyl sites for hydroxylation is 1. The molecule has 0 bridgehead atoms. The van der Waals surface area contributed by atoms with Crippen molar-refractivity contribution in [2.45, 2.75) is 94.9 Å². The van der Waals surface area contributed by atoms with E-state index in [2.05, 4.69) is 65.8 Å². The number of fused-ring (bicyclic) bond motifs is 5. The van der Waals surface area contributed by atoms with Crippen LogP contribution in [0.1, 0.15) is 87.2 Å². The van der Waals surface area contributed by atoms with Gasteiger partial charge in [0.25, 0.3) is 5.56 Å². The second-order valence-electron chi connectivity index (χ2n) is 18.8. The number of hydrogen-bond acceptors (Lipinski definition) is 13. The summed E-state index contributed by atoms with van der Waals surface area (Å²) in [6.45, 7) is 11.1. The maximum absolute atomic E-state index is 13.5. The lowest BCUT2D eigenvalue weighted by molar-refractivity contribution is -0.134. The molecule has 17 nitrogen and oxygen atoms in total. The lowest BCUT2D eigenvalue weighted by atomic mass is 9.79. The van der Waals surface area contributed by atoms with Gasteiger partial charge in [-0.2, -0.15) is 4.98 Å². The summed E-state index contributed by atoms with van der Waals surface area (Å²) in [6.07, 6.45) is 12.6. The van der Waals surface area contributed by atoms with Crippen LogP contribution in [0.15, 0.2) is 89.0 Å². The van der Waals surface area contributed by atoms with Crippen LogP contribution in [0.5, 0.6) is 0 Å². The van der Waals surface area contributed by atoms with Crippen LogP contribution in [0.25, 0.3) is 38.7 Å². The monoisotopic (exact) mass is 904 g/mol. The van der Waals surface area contributed by atoms with Crippen molar-refractivity contribution in [1.29, 1.82) is 0 Å². The van der Waals surface area contributed by atoms with Crippen LogP contribution < -0.4 is 26.8 Å². The summed E-state index contributed by atoms with van der Waals surface area (Å²) in [5.41, 5.74) is 5.11. The van der Waals surface area contributed by atoms with Gasteiger partial charge in [-0.25, -0.2) is 19.3 Å². The lowest BCUT2D eigenvalue weighted by Gasteiger charge is -2.41. The van der Waals surface area contributed by atoms with Crippen LogP contribution >= 0.6 is 0 Å². The number of amides is 2. The maximum atomic E-state index is 13.5. The van der Waals surface area contributed by atoms with Gasteiger partial charge in [0, 0.05) is 72.8 Å². The van der Waals surface area contributed by atoms with Crippen LogP contribution in [0.2, 0.25) is 0 Å². The predicted molar refractivity (Wildman–Crippen MR) is 256 cm³/mol. The number of carbonyl (C=O) groups excluding carboxylic acids is 2. The Morgan fingerprint density at radius 3 is 2.57 bits per heavy atom. The van der Waals surface area contributed by atoms with Gasteiger partial charge < -0.3 is 35.0 Å². The molecule has 1 unspecified atom stereocenters.